The molecule has 0 aromatic heterocycles. The zero-order chi connectivity index (χ0) is 15.8. The fraction of sp³-hybridized carbons (Fsp3) is 0.588. The number of rotatable bonds is 7. The van der Waals surface area contributed by atoms with Gasteiger partial charge in [-0.15, -0.1) is 0 Å². The van der Waals surface area contributed by atoms with Gasteiger partial charge in [0.05, 0.1) is 19.3 Å². The van der Waals surface area contributed by atoms with E-state index in [1.54, 1.807) is 0 Å². The summed E-state index contributed by atoms with van der Waals surface area (Å²) in [6.07, 6.45) is 2.05. The number of hydrogen-bond acceptors (Lipinski definition) is 4. The predicted octanol–water partition coefficient (Wildman–Crippen LogP) is 1.44. The summed E-state index contributed by atoms with van der Waals surface area (Å²) < 4.78 is 5.58. The van der Waals surface area contributed by atoms with E-state index in [1.807, 2.05) is 35.2 Å². The van der Waals surface area contributed by atoms with E-state index >= 15 is 0 Å². The lowest BCUT2D eigenvalue weighted by atomic mass is 9.91. The van der Waals surface area contributed by atoms with Gasteiger partial charge in [-0.25, -0.2) is 0 Å². The molecule has 0 radical (unpaired) electrons. The molecule has 2 rings (SSSR count). The molecular formula is C17H25NO4. The highest BCUT2D eigenvalue weighted by Crippen LogP contribution is 2.21. The van der Waals surface area contributed by atoms with Crippen molar-refractivity contribution in [3.63, 3.8) is 0 Å². The Hall–Kier alpha value is -1.59. The topological polar surface area (TPSA) is 70.0 Å². The molecule has 1 aromatic rings. The molecule has 5 heteroatoms. The standard InChI is InChI=1S/C17H25NO4/c19-13-16(20)14-8-10-18(11-9-14)17(21)7-4-12-22-15-5-2-1-3-6-15/h1-3,5-6,14,16,19-20H,4,7-13H2. The van der Waals surface area contributed by atoms with E-state index in [0.717, 1.165) is 18.6 Å². The molecule has 5 nitrogen and oxygen atoms in total. The summed E-state index contributed by atoms with van der Waals surface area (Å²) in [5.74, 6) is 1.08. The van der Waals surface area contributed by atoms with Crippen LogP contribution in [0.1, 0.15) is 25.7 Å². The lowest BCUT2D eigenvalue weighted by Gasteiger charge is -2.33. The highest BCUT2D eigenvalue weighted by Gasteiger charge is 2.26. The molecule has 1 fully saturated rings. The second kappa shape index (κ2) is 8.76. The van der Waals surface area contributed by atoms with Crippen LogP contribution in [0.4, 0.5) is 0 Å². The number of carbonyl (C=O) groups excluding carboxylic acids is 1. The van der Waals surface area contributed by atoms with Gasteiger partial charge in [0.2, 0.25) is 5.91 Å². The van der Waals surface area contributed by atoms with Crippen LogP contribution in [0.3, 0.4) is 0 Å². The number of likely N-dealkylation sites (tertiary alicyclic amines) is 1. The Balaban J connectivity index is 1.62. The first kappa shape index (κ1) is 16.8. The van der Waals surface area contributed by atoms with E-state index in [1.165, 1.54) is 0 Å². The third kappa shape index (κ3) is 5.00. The molecule has 1 aliphatic rings. The van der Waals surface area contributed by atoms with Crippen LogP contribution in [0.25, 0.3) is 0 Å². The lowest BCUT2D eigenvalue weighted by Crippen LogP contribution is -2.42. The minimum Gasteiger partial charge on any atom is -0.494 e. The molecule has 1 atom stereocenters. The monoisotopic (exact) mass is 307 g/mol. The van der Waals surface area contributed by atoms with Gasteiger partial charge < -0.3 is 19.8 Å². The molecule has 1 saturated heterocycles. The van der Waals surface area contributed by atoms with E-state index in [2.05, 4.69) is 0 Å². The van der Waals surface area contributed by atoms with Crippen LogP contribution in [0.15, 0.2) is 30.3 Å². The van der Waals surface area contributed by atoms with Gasteiger partial charge in [-0.1, -0.05) is 18.2 Å². The highest BCUT2D eigenvalue weighted by molar-refractivity contribution is 5.76. The summed E-state index contributed by atoms with van der Waals surface area (Å²) in [4.78, 5) is 14.0. The summed E-state index contributed by atoms with van der Waals surface area (Å²) >= 11 is 0. The molecule has 0 saturated carbocycles. The molecule has 122 valence electrons. The van der Waals surface area contributed by atoms with E-state index in [4.69, 9.17) is 9.84 Å². The van der Waals surface area contributed by atoms with Gasteiger partial charge in [0.15, 0.2) is 0 Å². The summed E-state index contributed by atoms with van der Waals surface area (Å²) in [7, 11) is 0. The van der Waals surface area contributed by atoms with Crippen LogP contribution >= 0.6 is 0 Å². The minimum absolute atomic E-state index is 0.107. The van der Waals surface area contributed by atoms with E-state index in [0.29, 0.717) is 32.5 Å². The number of aliphatic hydroxyl groups excluding tert-OH is 2. The molecule has 22 heavy (non-hydrogen) atoms. The van der Waals surface area contributed by atoms with Crippen molar-refractivity contribution in [2.45, 2.75) is 31.8 Å². The van der Waals surface area contributed by atoms with Crippen LogP contribution in [0.5, 0.6) is 5.75 Å². The summed E-state index contributed by atoms with van der Waals surface area (Å²) in [5.41, 5.74) is 0. The first-order valence-electron chi connectivity index (χ1n) is 7.95. The second-order valence-electron chi connectivity index (χ2n) is 5.73. The number of para-hydroxylation sites is 1. The molecule has 1 heterocycles. The summed E-state index contributed by atoms with van der Waals surface area (Å²) in [6, 6.07) is 9.59. The van der Waals surface area contributed by atoms with Crippen molar-refractivity contribution in [3.05, 3.63) is 30.3 Å². The fourth-order valence-corrected chi connectivity index (χ4v) is 2.77. The third-order valence-corrected chi connectivity index (χ3v) is 4.17. The quantitative estimate of drug-likeness (QED) is 0.748. The van der Waals surface area contributed by atoms with Crippen molar-refractivity contribution in [2.24, 2.45) is 5.92 Å². The number of carbonyl (C=O) groups is 1. The Morgan fingerprint density at radius 1 is 1.27 bits per heavy atom. The zero-order valence-corrected chi connectivity index (χ0v) is 12.9. The number of hydrogen-bond donors (Lipinski definition) is 2. The van der Waals surface area contributed by atoms with Gasteiger partial charge in [0.25, 0.3) is 0 Å². The SMILES string of the molecule is O=C(CCCOc1ccccc1)N1CCC(C(O)CO)CC1. The van der Waals surface area contributed by atoms with Crippen LogP contribution in [-0.4, -0.2) is 53.4 Å². The Bertz CT molecular complexity index is 443. The predicted molar refractivity (Wildman–Crippen MR) is 83.6 cm³/mol. The summed E-state index contributed by atoms with van der Waals surface area (Å²) in [6.45, 7) is 1.67. The zero-order valence-electron chi connectivity index (χ0n) is 12.9. The normalized spacial score (nSPS) is 17.3. The average Bonchev–Trinajstić information content (AvgIpc) is 2.59. The molecule has 1 aliphatic heterocycles. The number of nitrogens with zero attached hydrogens (tertiary/aromatic N) is 1. The molecule has 1 aromatic carbocycles. The molecule has 0 spiro atoms. The number of piperidine rings is 1. The number of benzene rings is 1. The molecule has 0 aliphatic carbocycles. The Labute approximate surface area is 131 Å². The first-order chi connectivity index (χ1) is 10.7. The van der Waals surface area contributed by atoms with Crippen molar-refractivity contribution in [2.75, 3.05) is 26.3 Å². The van der Waals surface area contributed by atoms with Gasteiger partial charge in [-0.05, 0) is 37.3 Å². The molecule has 2 N–H and O–H groups in total. The molecule has 0 bridgehead atoms. The Morgan fingerprint density at radius 3 is 2.59 bits per heavy atom. The van der Waals surface area contributed by atoms with Gasteiger partial charge in [0, 0.05) is 19.5 Å². The largest absolute Gasteiger partial charge is 0.494 e. The van der Waals surface area contributed by atoms with Crippen molar-refractivity contribution >= 4 is 5.91 Å². The smallest absolute Gasteiger partial charge is 0.222 e. The van der Waals surface area contributed by atoms with E-state index in [9.17, 15) is 9.90 Å². The van der Waals surface area contributed by atoms with Crippen LogP contribution in [-0.2, 0) is 4.79 Å². The Morgan fingerprint density at radius 2 is 1.95 bits per heavy atom. The van der Waals surface area contributed by atoms with Crippen LogP contribution < -0.4 is 4.74 Å². The third-order valence-electron chi connectivity index (χ3n) is 4.17. The highest BCUT2D eigenvalue weighted by atomic mass is 16.5. The maximum absolute atomic E-state index is 12.1. The van der Waals surface area contributed by atoms with Gasteiger partial charge in [0.1, 0.15) is 5.75 Å². The lowest BCUT2D eigenvalue weighted by molar-refractivity contribution is -0.133. The maximum Gasteiger partial charge on any atom is 0.222 e. The first-order valence-corrected chi connectivity index (χ1v) is 7.95. The minimum atomic E-state index is -0.656. The number of amides is 1. The molecular weight excluding hydrogens is 282 g/mol. The Kier molecular flexibility index (Phi) is 6.68. The van der Waals surface area contributed by atoms with E-state index < -0.39 is 6.10 Å². The van der Waals surface area contributed by atoms with Crippen molar-refractivity contribution in [3.8, 4) is 5.75 Å². The van der Waals surface area contributed by atoms with E-state index in [-0.39, 0.29) is 18.4 Å². The van der Waals surface area contributed by atoms with Crippen molar-refractivity contribution in [1.82, 2.24) is 4.90 Å². The van der Waals surface area contributed by atoms with Crippen LogP contribution in [0, 0.1) is 5.92 Å². The summed E-state index contributed by atoms with van der Waals surface area (Å²) in [5, 5.41) is 18.6. The maximum atomic E-state index is 12.1. The number of aliphatic hydroxyl groups is 2. The fourth-order valence-electron chi connectivity index (χ4n) is 2.77. The van der Waals surface area contributed by atoms with Gasteiger partial charge >= 0.3 is 0 Å². The van der Waals surface area contributed by atoms with Crippen LogP contribution in [0.2, 0.25) is 0 Å². The molecule has 1 unspecified atom stereocenters. The second-order valence-corrected chi connectivity index (χ2v) is 5.73. The molecule has 1 amide bonds. The van der Waals surface area contributed by atoms with Gasteiger partial charge in [-0.3, -0.25) is 4.79 Å². The average molecular weight is 307 g/mol. The number of ether oxygens (including phenoxy) is 1. The van der Waals surface area contributed by atoms with Gasteiger partial charge in [-0.2, -0.15) is 0 Å². The van der Waals surface area contributed by atoms with Crippen molar-refractivity contribution in [1.29, 1.82) is 0 Å². The van der Waals surface area contributed by atoms with Crippen molar-refractivity contribution < 1.29 is 19.7 Å².